The van der Waals surface area contributed by atoms with Crippen LogP contribution in [0.15, 0.2) is 18.2 Å². The lowest BCUT2D eigenvalue weighted by Gasteiger charge is -2.08. The smallest absolute Gasteiger partial charge is 0.115 e. The maximum Gasteiger partial charge on any atom is 0.115 e. The quantitative estimate of drug-likeness (QED) is 0.550. The highest BCUT2D eigenvalue weighted by atomic mass is 16.3. The van der Waals surface area contributed by atoms with E-state index in [2.05, 4.69) is 12.2 Å². The second-order valence-electron chi connectivity index (χ2n) is 3.28. The lowest BCUT2D eigenvalue weighted by Crippen LogP contribution is -2.01. The summed E-state index contributed by atoms with van der Waals surface area (Å²) in [4.78, 5) is 0. The fourth-order valence-electron chi connectivity index (χ4n) is 1.25. The number of hydrogen-bond donors (Lipinski definition) is 2. The second-order valence-corrected chi connectivity index (χ2v) is 3.28. The molecule has 0 amide bonds. The van der Waals surface area contributed by atoms with E-state index in [4.69, 9.17) is 0 Å². The highest BCUT2D eigenvalue weighted by molar-refractivity contribution is 5.53. The van der Waals surface area contributed by atoms with Crippen LogP contribution >= 0.6 is 0 Å². The van der Waals surface area contributed by atoms with Crippen molar-refractivity contribution in [3.05, 3.63) is 23.8 Å². The molecule has 2 nitrogen and oxygen atoms in total. The molecule has 1 aromatic carbocycles. The molecule has 0 aliphatic carbocycles. The number of nitrogens with one attached hydrogen (secondary N) is 1. The highest BCUT2D eigenvalue weighted by Crippen LogP contribution is 2.19. The molecule has 0 heterocycles. The van der Waals surface area contributed by atoms with Gasteiger partial charge in [0.05, 0.1) is 0 Å². The van der Waals surface area contributed by atoms with Gasteiger partial charge in [0.25, 0.3) is 0 Å². The predicted octanol–water partition coefficient (Wildman–Crippen LogP) is 2.91. The topological polar surface area (TPSA) is 32.3 Å². The predicted molar refractivity (Wildman–Crippen MR) is 56.2 cm³/mol. The Morgan fingerprint density at radius 1 is 1.38 bits per heavy atom. The van der Waals surface area contributed by atoms with Gasteiger partial charge in [0.15, 0.2) is 0 Å². The summed E-state index contributed by atoms with van der Waals surface area (Å²) in [7, 11) is 0. The largest absolute Gasteiger partial charge is 0.508 e. The Hall–Kier alpha value is -1.18. The SMILES string of the molecule is CCCCNc1ccc(O)cc1C. The fraction of sp³-hybridized carbons (Fsp3) is 0.455. The molecule has 0 atom stereocenters. The van der Waals surface area contributed by atoms with E-state index in [1.54, 1.807) is 12.1 Å². The summed E-state index contributed by atoms with van der Waals surface area (Å²) in [5.41, 5.74) is 2.21. The van der Waals surface area contributed by atoms with Crippen molar-refractivity contribution in [2.75, 3.05) is 11.9 Å². The standard InChI is InChI=1S/C11H17NO/c1-3-4-7-12-11-6-5-10(13)8-9(11)2/h5-6,8,12-13H,3-4,7H2,1-2H3. The molecule has 0 fully saturated rings. The highest BCUT2D eigenvalue weighted by Gasteiger charge is 1.97. The van der Waals surface area contributed by atoms with Gasteiger partial charge in [-0.3, -0.25) is 0 Å². The minimum Gasteiger partial charge on any atom is -0.508 e. The van der Waals surface area contributed by atoms with E-state index in [0.29, 0.717) is 5.75 Å². The molecule has 13 heavy (non-hydrogen) atoms. The Bertz CT molecular complexity index is 271. The van der Waals surface area contributed by atoms with Crippen LogP contribution in [-0.4, -0.2) is 11.7 Å². The van der Waals surface area contributed by atoms with Crippen LogP contribution in [0.25, 0.3) is 0 Å². The monoisotopic (exact) mass is 179 g/mol. The van der Waals surface area contributed by atoms with Gasteiger partial charge in [-0.05, 0) is 37.1 Å². The molecule has 0 unspecified atom stereocenters. The number of rotatable bonds is 4. The molecular formula is C11H17NO. The van der Waals surface area contributed by atoms with E-state index < -0.39 is 0 Å². The average Bonchev–Trinajstić information content (AvgIpc) is 2.09. The van der Waals surface area contributed by atoms with E-state index in [9.17, 15) is 5.11 Å². The maximum atomic E-state index is 9.18. The third kappa shape index (κ3) is 2.98. The first-order valence-corrected chi connectivity index (χ1v) is 4.77. The summed E-state index contributed by atoms with van der Waals surface area (Å²) in [5.74, 6) is 0.332. The van der Waals surface area contributed by atoms with Gasteiger partial charge in [-0.15, -0.1) is 0 Å². The van der Waals surface area contributed by atoms with Gasteiger partial charge in [0, 0.05) is 12.2 Å². The Kier molecular flexibility index (Phi) is 3.62. The molecule has 0 saturated heterocycles. The first-order chi connectivity index (χ1) is 6.24. The molecule has 2 N–H and O–H groups in total. The molecule has 1 rings (SSSR count). The van der Waals surface area contributed by atoms with E-state index in [0.717, 1.165) is 17.8 Å². The van der Waals surface area contributed by atoms with Crippen LogP contribution in [0, 0.1) is 6.92 Å². The Balaban J connectivity index is 2.56. The molecule has 1 aromatic rings. The van der Waals surface area contributed by atoms with Crippen molar-refractivity contribution in [3.8, 4) is 5.75 Å². The van der Waals surface area contributed by atoms with Crippen LogP contribution in [-0.2, 0) is 0 Å². The van der Waals surface area contributed by atoms with Crippen molar-refractivity contribution in [3.63, 3.8) is 0 Å². The lowest BCUT2D eigenvalue weighted by molar-refractivity contribution is 0.475. The van der Waals surface area contributed by atoms with Crippen LogP contribution < -0.4 is 5.32 Å². The molecule has 0 aromatic heterocycles. The minimum atomic E-state index is 0.332. The van der Waals surface area contributed by atoms with Gasteiger partial charge in [-0.2, -0.15) is 0 Å². The van der Waals surface area contributed by atoms with Crippen LogP contribution in [0.3, 0.4) is 0 Å². The summed E-state index contributed by atoms with van der Waals surface area (Å²) in [6.45, 7) is 5.17. The van der Waals surface area contributed by atoms with Crippen LogP contribution in [0.2, 0.25) is 0 Å². The zero-order chi connectivity index (χ0) is 9.68. The van der Waals surface area contributed by atoms with Crippen molar-refractivity contribution < 1.29 is 5.11 Å². The maximum absolute atomic E-state index is 9.18. The van der Waals surface area contributed by atoms with E-state index in [1.807, 2.05) is 13.0 Å². The number of hydrogen-bond acceptors (Lipinski definition) is 2. The van der Waals surface area contributed by atoms with Gasteiger partial charge in [0.1, 0.15) is 5.75 Å². The van der Waals surface area contributed by atoms with Crippen LogP contribution in [0.5, 0.6) is 5.75 Å². The summed E-state index contributed by atoms with van der Waals surface area (Å²) in [6.07, 6.45) is 2.38. The van der Waals surface area contributed by atoms with E-state index in [1.165, 1.54) is 12.8 Å². The third-order valence-electron chi connectivity index (χ3n) is 2.06. The van der Waals surface area contributed by atoms with Gasteiger partial charge >= 0.3 is 0 Å². The minimum absolute atomic E-state index is 0.332. The van der Waals surface area contributed by atoms with Crippen molar-refractivity contribution in [2.24, 2.45) is 0 Å². The zero-order valence-electron chi connectivity index (χ0n) is 8.30. The second kappa shape index (κ2) is 4.75. The van der Waals surface area contributed by atoms with Gasteiger partial charge in [0.2, 0.25) is 0 Å². The number of aryl methyl sites for hydroxylation is 1. The molecule has 0 saturated carbocycles. The fourth-order valence-corrected chi connectivity index (χ4v) is 1.25. The first-order valence-electron chi connectivity index (χ1n) is 4.77. The van der Waals surface area contributed by atoms with Crippen molar-refractivity contribution in [1.29, 1.82) is 0 Å². The Morgan fingerprint density at radius 2 is 2.15 bits per heavy atom. The molecule has 0 radical (unpaired) electrons. The Labute approximate surface area is 79.6 Å². The summed E-state index contributed by atoms with van der Waals surface area (Å²) >= 11 is 0. The van der Waals surface area contributed by atoms with Crippen LogP contribution in [0.1, 0.15) is 25.3 Å². The number of aromatic hydroxyl groups is 1. The molecule has 0 aliphatic heterocycles. The van der Waals surface area contributed by atoms with Crippen molar-refractivity contribution in [2.45, 2.75) is 26.7 Å². The third-order valence-corrected chi connectivity index (χ3v) is 2.06. The lowest BCUT2D eigenvalue weighted by atomic mass is 10.2. The summed E-state index contributed by atoms with van der Waals surface area (Å²) in [5, 5.41) is 12.5. The molecule has 0 aliphatic rings. The number of unbranched alkanes of at least 4 members (excludes halogenated alkanes) is 1. The van der Waals surface area contributed by atoms with Gasteiger partial charge in [-0.25, -0.2) is 0 Å². The first kappa shape index (κ1) is 9.90. The summed E-state index contributed by atoms with van der Waals surface area (Å²) in [6, 6.07) is 5.40. The number of anilines is 1. The number of phenolic OH excluding ortho intramolecular Hbond substituents is 1. The molecule has 72 valence electrons. The summed E-state index contributed by atoms with van der Waals surface area (Å²) < 4.78 is 0. The van der Waals surface area contributed by atoms with Gasteiger partial charge in [-0.1, -0.05) is 13.3 Å². The number of phenols is 1. The normalized spacial score (nSPS) is 10.0. The van der Waals surface area contributed by atoms with E-state index >= 15 is 0 Å². The van der Waals surface area contributed by atoms with E-state index in [-0.39, 0.29) is 0 Å². The van der Waals surface area contributed by atoms with Gasteiger partial charge < -0.3 is 10.4 Å². The molecular weight excluding hydrogens is 162 g/mol. The molecule has 2 heteroatoms. The zero-order valence-corrected chi connectivity index (χ0v) is 8.30. The Morgan fingerprint density at radius 3 is 2.77 bits per heavy atom. The molecule has 0 bridgehead atoms. The molecule has 0 spiro atoms. The van der Waals surface area contributed by atoms with Crippen molar-refractivity contribution >= 4 is 5.69 Å². The van der Waals surface area contributed by atoms with Crippen molar-refractivity contribution in [1.82, 2.24) is 0 Å². The van der Waals surface area contributed by atoms with Crippen LogP contribution in [0.4, 0.5) is 5.69 Å². The average molecular weight is 179 g/mol. The number of benzene rings is 1.